The van der Waals surface area contributed by atoms with Gasteiger partial charge in [-0.1, -0.05) is 0 Å². The molecule has 98 valence electrons. The van der Waals surface area contributed by atoms with Gasteiger partial charge in [0, 0.05) is 11.3 Å². The molecule has 1 aliphatic rings. The molecule has 1 aromatic heterocycles. The van der Waals surface area contributed by atoms with Crippen molar-refractivity contribution < 1.29 is 23.1 Å². The summed E-state index contributed by atoms with van der Waals surface area (Å²) >= 11 is 0. The molecule has 2 rings (SSSR count). The van der Waals surface area contributed by atoms with Gasteiger partial charge in [-0.25, -0.2) is 9.78 Å². The average molecular weight is 260 g/mol. The molecule has 18 heavy (non-hydrogen) atoms. The van der Waals surface area contributed by atoms with Gasteiger partial charge >= 0.3 is 12.3 Å². The van der Waals surface area contributed by atoms with Crippen LogP contribution in [0.25, 0.3) is 0 Å². The first-order valence-electron chi connectivity index (χ1n) is 5.40. The van der Waals surface area contributed by atoms with Crippen LogP contribution < -0.4 is 5.32 Å². The summed E-state index contributed by atoms with van der Waals surface area (Å²) in [7, 11) is 0. The molecule has 0 aromatic carbocycles. The lowest BCUT2D eigenvalue weighted by Gasteiger charge is -2.16. The second kappa shape index (κ2) is 4.15. The second-order valence-electron chi connectivity index (χ2n) is 4.17. The third kappa shape index (κ3) is 2.12. The van der Waals surface area contributed by atoms with Gasteiger partial charge < -0.3 is 5.11 Å². The molecule has 7 heteroatoms. The number of halogens is 3. The second-order valence-corrected chi connectivity index (χ2v) is 4.17. The highest BCUT2D eigenvalue weighted by molar-refractivity contribution is 5.86. The van der Waals surface area contributed by atoms with E-state index in [1.54, 1.807) is 0 Å². The van der Waals surface area contributed by atoms with E-state index < -0.39 is 18.0 Å². The van der Waals surface area contributed by atoms with Crippen LogP contribution in [0.4, 0.5) is 23.7 Å². The molecule has 0 spiro atoms. The quantitative estimate of drug-likeness (QED) is 0.815. The SMILES string of the molecule is Cc1c(C(F)(F)F)nc2c(c1NC(=O)O)CCC2. The lowest BCUT2D eigenvalue weighted by atomic mass is 10.1. The van der Waals surface area contributed by atoms with E-state index in [1.807, 2.05) is 0 Å². The molecule has 0 saturated carbocycles. The standard InChI is InChI=1S/C11H11F3N2O2/c1-5-8(16-10(17)18)6-3-2-4-7(6)15-9(5)11(12,13)14/h2-4H2,1H3,(H,15,16)(H,17,18). The Labute approximate surface area is 101 Å². The number of aromatic nitrogens is 1. The fraction of sp³-hybridized carbons (Fsp3) is 0.455. The summed E-state index contributed by atoms with van der Waals surface area (Å²) in [5.74, 6) is 0. The number of anilines is 1. The van der Waals surface area contributed by atoms with E-state index in [1.165, 1.54) is 6.92 Å². The molecule has 0 aliphatic heterocycles. The zero-order chi connectivity index (χ0) is 13.5. The van der Waals surface area contributed by atoms with E-state index in [2.05, 4.69) is 10.3 Å². The number of hydrogen-bond acceptors (Lipinski definition) is 2. The average Bonchev–Trinajstić information content (AvgIpc) is 2.67. The molecular weight excluding hydrogens is 249 g/mol. The minimum absolute atomic E-state index is 0.0392. The number of carboxylic acid groups (broad SMARTS) is 1. The van der Waals surface area contributed by atoms with E-state index >= 15 is 0 Å². The van der Waals surface area contributed by atoms with Crippen molar-refractivity contribution in [2.75, 3.05) is 5.32 Å². The topological polar surface area (TPSA) is 62.2 Å². The molecule has 0 fully saturated rings. The molecule has 1 amide bonds. The highest BCUT2D eigenvalue weighted by Crippen LogP contribution is 2.38. The van der Waals surface area contributed by atoms with E-state index in [0.717, 1.165) is 0 Å². The van der Waals surface area contributed by atoms with Gasteiger partial charge in [-0.15, -0.1) is 0 Å². The number of nitrogens with one attached hydrogen (secondary N) is 1. The van der Waals surface area contributed by atoms with Crippen LogP contribution in [0.1, 0.15) is 28.9 Å². The Morgan fingerprint density at radius 3 is 2.61 bits per heavy atom. The van der Waals surface area contributed by atoms with Gasteiger partial charge in [0.1, 0.15) is 5.69 Å². The first-order valence-corrected chi connectivity index (χ1v) is 5.40. The summed E-state index contributed by atoms with van der Waals surface area (Å²) in [5, 5.41) is 10.8. The number of alkyl halides is 3. The van der Waals surface area contributed by atoms with E-state index in [9.17, 15) is 18.0 Å². The third-order valence-corrected chi connectivity index (χ3v) is 2.97. The maximum absolute atomic E-state index is 12.8. The number of aryl methyl sites for hydroxylation is 1. The van der Waals surface area contributed by atoms with Gasteiger partial charge in [-0.2, -0.15) is 13.2 Å². The van der Waals surface area contributed by atoms with Crippen molar-refractivity contribution in [2.24, 2.45) is 0 Å². The van der Waals surface area contributed by atoms with Crippen LogP contribution >= 0.6 is 0 Å². The molecule has 1 aromatic rings. The molecule has 1 aliphatic carbocycles. The van der Waals surface area contributed by atoms with Crippen LogP contribution in [0.2, 0.25) is 0 Å². The molecule has 0 bridgehead atoms. The minimum atomic E-state index is -4.57. The minimum Gasteiger partial charge on any atom is -0.465 e. The van der Waals surface area contributed by atoms with Gasteiger partial charge in [0.2, 0.25) is 0 Å². The van der Waals surface area contributed by atoms with E-state index in [-0.39, 0.29) is 11.3 Å². The van der Waals surface area contributed by atoms with Crippen molar-refractivity contribution in [3.05, 3.63) is 22.5 Å². The highest BCUT2D eigenvalue weighted by atomic mass is 19.4. The number of fused-ring (bicyclic) bond motifs is 1. The Morgan fingerprint density at radius 1 is 1.39 bits per heavy atom. The molecular formula is C11H11F3N2O2. The van der Waals surface area contributed by atoms with Crippen molar-refractivity contribution in [1.82, 2.24) is 4.98 Å². The third-order valence-electron chi connectivity index (χ3n) is 2.97. The largest absolute Gasteiger partial charge is 0.465 e. The van der Waals surface area contributed by atoms with Crippen molar-refractivity contribution in [2.45, 2.75) is 32.4 Å². The van der Waals surface area contributed by atoms with Crippen LogP contribution in [-0.2, 0) is 19.0 Å². The van der Waals surface area contributed by atoms with Crippen LogP contribution in [0.3, 0.4) is 0 Å². The monoisotopic (exact) mass is 260 g/mol. The predicted octanol–water partition coefficient (Wildman–Crippen LogP) is 2.99. The smallest absolute Gasteiger partial charge is 0.433 e. The first kappa shape index (κ1) is 12.7. The van der Waals surface area contributed by atoms with Crippen LogP contribution in [0.5, 0.6) is 0 Å². The summed E-state index contributed by atoms with van der Waals surface area (Å²) in [6.45, 7) is 1.24. The number of hydrogen-bond donors (Lipinski definition) is 2. The summed E-state index contributed by atoms with van der Waals surface area (Å²) in [5.41, 5.74) is -0.200. The summed E-state index contributed by atoms with van der Waals surface area (Å²) < 4.78 is 38.4. The van der Waals surface area contributed by atoms with Crippen LogP contribution in [0, 0.1) is 6.92 Å². The summed E-state index contributed by atoms with van der Waals surface area (Å²) in [4.78, 5) is 14.3. The molecule has 4 nitrogen and oxygen atoms in total. The lowest BCUT2D eigenvalue weighted by Crippen LogP contribution is -2.17. The van der Waals surface area contributed by atoms with Gasteiger partial charge in [0.05, 0.1) is 5.69 Å². The van der Waals surface area contributed by atoms with Crippen molar-refractivity contribution >= 4 is 11.8 Å². The number of pyridine rings is 1. The van der Waals surface area contributed by atoms with Gasteiger partial charge in [0.15, 0.2) is 0 Å². The number of amides is 1. The predicted molar refractivity (Wildman–Crippen MR) is 57.6 cm³/mol. The summed E-state index contributed by atoms with van der Waals surface area (Å²) in [6.07, 6.45) is -4.25. The van der Waals surface area contributed by atoms with Crippen molar-refractivity contribution in [3.63, 3.8) is 0 Å². The number of carbonyl (C=O) groups is 1. The molecule has 2 N–H and O–H groups in total. The molecule has 0 saturated heterocycles. The Bertz CT molecular complexity index is 512. The fourth-order valence-corrected chi connectivity index (χ4v) is 2.24. The highest BCUT2D eigenvalue weighted by Gasteiger charge is 2.37. The van der Waals surface area contributed by atoms with Gasteiger partial charge in [-0.3, -0.25) is 5.32 Å². The first-order chi connectivity index (χ1) is 8.30. The Kier molecular flexibility index (Phi) is 2.92. The molecule has 1 heterocycles. The molecule has 0 atom stereocenters. The lowest BCUT2D eigenvalue weighted by molar-refractivity contribution is -0.141. The fourth-order valence-electron chi connectivity index (χ4n) is 2.24. The van der Waals surface area contributed by atoms with Crippen molar-refractivity contribution in [1.29, 1.82) is 0 Å². The van der Waals surface area contributed by atoms with Crippen LogP contribution in [-0.4, -0.2) is 16.2 Å². The Morgan fingerprint density at radius 2 is 2.06 bits per heavy atom. The maximum Gasteiger partial charge on any atom is 0.433 e. The van der Waals surface area contributed by atoms with Crippen molar-refractivity contribution in [3.8, 4) is 0 Å². The summed E-state index contributed by atoms with van der Waals surface area (Å²) in [6, 6.07) is 0. The van der Waals surface area contributed by atoms with Crippen LogP contribution in [0.15, 0.2) is 0 Å². The van der Waals surface area contributed by atoms with Gasteiger partial charge in [0.25, 0.3) is 0 Å². The Balaban J connectivity index is 2.63. The maximum atomic E-state index is 12.8. The number of nitrogens with zero attached hydrogens (tertiary/aromatic N) is 1. The molecule has 0 unspecified atom stereocenters. The van der Waals surface area contributed by atoms with E-state index in [4.69, 9.17) is 5.11 Å². The molecule has 0 radical (unpaired) electrons. The van der Waals surface area contributed by atoms with E-state index in [0.29, 0.717) is 30.5 Å². The van der Waals surface area contributed by atoms with Gasteiger partial charge in [-0.05, 0) is 31.7 Å². The zero-order valence-electron chi connectivity index (χ0n) is 9.56. The normalized spacial score (nSPS) is 14.4. The number of rotatable bonds is 1. The zero-order valence-corrected chi connectivity index (χ0v) is 9.56. The Hall–Kier alpha value is -1.79.